The Balaban J connectivity index is 1.61. The number of ether oxygens (including phenoxy) is 2. The van der Waals surface area contributed by atoms with Crippen molar-refractivity contribution in [3.63, 3.8) is 0 Å². The molecule has 6 nitrogen and oxygen atoms in total. The van der Waals surface area contributed by atoms with Gasteiger partial charge in [-0.05, 0) is 43.9 Å². The number of nitrogens with zero attached hydrogens (tertiary/aromatic N) is 1. The second kappa shape index (κ2) is 5.37. The van der Waals surface area contributed by atoms with Gasteiger partial charge in [0.15, 0.2) is 21.3 Å². The highest BCUT2D eigenvalue weighted by atomic mass is 32.2. The molecule has 7 heteroatoms. The Morgan fingerprint density at radius 2 is 2.04 bits per heavy atom. The van der Waals surface area contributed by atoms with Crippen molar-refractivity contribution in [2.24, 2.45) is 0 Å². The van der Waals surface area contributed by atoms with Crippen molar-refractivity contribution in [1.29, 1.82) is 0 Å². The maximum absolute atomic E-state index is 13.2. The summed E-state index contributed by atoms with van der Waals surface area (Å²) >= 11 is 0. The zero-order valence-electron chi connectivity index (χ0n) is 13.7. The summed E-state index contributed by atoms with van der Waals surface area (Å²) in [5.41, 5.74) is 0.416. The standard InChI is InChI=1S/C17H21NO5S/c1-2-18(13-5-8-24(20,21)10-13)16(19)17(6-7-17)12-3-4-14-15(9-12)23-11-22-14/h3-4,9,13H,2,5-8,10-11H2,1H3. The molecule has 3 aliphatic rings. The van der Waals surface area contributed by atoms with E-state index in [9.17, 15) is 13.2 Å². The van der Waals surface area contributed by atoms with Crippen LogP contribution in [-0.2, 0) is 20.0 Å². The van der Waals surface area contributed by atoms with Gasteiger partial charge in [0, 0.05) is 12.6 Å². The molecule has 1 aliphatic carbocycles. The van der Waals surface area contributed by atoms with Gasteiger partial charge >= 0.3 is 0 Å². The minimum atomic E-state index is -3.01. The summed E-state index contributed by atoms with van der Waals surface area (Å²) in [4.78, 5) is 15.0. The molecular weight excluding hydrogens is 330 g/mol. The van der Waals surface area contributed by atoms with Crippen molar-refractivity contribution in [2.75, 3.05) is 24.8 Å². The third-order valence-corrected chi connectivity index (χ3v) is 7.09. The third kappa shape index (κ3) is 2.46. The first-order valence-electron chi connectivity index (χ1n) is 8.37. The first kappa shape index (κ1) is 15.7. The van der Waals surface area contributed by atoms with Gasteiger partial charge in [-0.2, -0.15) is 0 Å². The lowest BCUT2D eigenvalue weighted by atomic mass is 9.93. The van der Waals surface area contributed by atoms with Crippen LogP contribution in [0.5, 0.6) is 11.5 Å². The fourth-order valence-corrected chi connectivity index (χ4v) is 5.54. The van der Waals surface area contributed by atoms with E-state index in [4.69, 9.17) is 9.47 Å². The molecule has 1 saturated carbocycles. The number of likely N-dealkylation sites (N-methyl/N-ethyl adjacent to an activating group) is 1. The average molecular weight is 351 g/mol. The van der Waals surface area contributed by atoms with Crippen LogP contribution in [0.4, 0.5) is 0 Å². The van der Waals surface area contributed by atoms with E-state index >= 15 is 0 Å². The van der Waals surface area contributed by atoms with Crippen LogP contribution >= 0.6 is 0 Å². The number of hydrogen-bond donors (Lipinski definition) is 0. The van der Waals surface area contributed by atoms with Crippen LogP contribution in [0.1, 0.15) is 31.7 Å². The topological polar surface area (TPSA) is 72.9 Å². The maximum Gasteiger partial charge on any atom is 0.233 e. The highest BCUT2D eigenvalue weighted by Crippen LogP contribution is 2.52. The minimum Gasteiger partial charge on any atom is -0.454 e. The van der Waals surface area contributed by atoms with E-state index in [0.717, 1.165) is 18.4 Å². The Kier molecular flexibility index (Phi) is 3.53. The van der Waals surface area contributed by atoms with Crippen LogP contribution in [0.2, 0.25) is 0 Å². The Morgan fingerprint density at radius 1 is 1.29 bits per heavy atom. The molecule has 1 aromatic carbocycles. The predicted molar refractivity (Wildman–Crippen MR) is 87.9 cm³/mol. The fourth-order valence-electron chi connectivity index (χ4n) is 3.81. The summed E-state index contributed by atoms with van der Waals surface area (Å²) in [5, 5.41) is 0. The third-order valence-electron chi connectivity index (χ3n) is 5.34. The molecular formula is C17H21NO5S. The number of fused-ring (bicyclic) bond motifs is 1. The molecule has 0 radical (unpaired) electrons. The molecule has 1 unspecified atom stereocenters. The summed E-state index contributed by atoms with van der Waals surface area (Å²) in [6.07, 6.45) is 2.13. The van der Waals surface area contributed by atoms with Gasteiger partial charge in [0.25, 0.3) is 0 Å². The SMILES string of the molecule is CCN(C(=O)C1(c2ccc3c(c2)OCO3)CC1)C1CCS(=O)(=O)C1. The normalized spacial score (nSPS) is 25.5. The molecule has 2 heterocycles. The van der Waals surface area contributed by atoms with Crippen molar-refractivity contribution in [2.45, 2.75) is 37.6 Å². The van der Waals surface area contributed by atoms with Crippen LogP contribution in [0.25, 0.3) is 0 Å². The Morgan fingerprint density at radius 3 is 2.67 bits per heavy atom. The van der Waals surface area contributed by atoms with Gasteiger partial charge < -0.3 is 14.4 Å². The van der Waals surface area contributed by atoms with Crippen molar-refractivity contribution in [1.82, 2.24) is 4.90 Å². The summed E-state index contributed by atoms with van der Waals surface area (Å²) in [6.45, 7) is 2.66. The summed E-state index contributed by atoms with van der Waals surface area (Å²) in [6, 6.07) is 5.48. The minimum absolute atomic E-state index is 0.0472. The van der Waals surface area contributed by atoms with Gasteiger partial charge in [0.05, 0.1) is 16.9 Å². The molecule has 0 spiro atoms. The number of carbonyl (C=O) groups is 1. The van der Waals surface area contributed by atoms with Gasteiger partial charge in [-0.25, -0.2) is 8.42 Å². The van der Waals surface area contributed by atoms with Gasteiger partial charge in [-0.3, -0.25) is 4.79 Å². The Hall–Kier alpha value is -1.76. The van der Waals surface area contributed by atoms with Gasteiger partial charge in [0.2, 0.25) is 12.7 Å². The molecule has 2 aliphatic heterocycles. The smallest absolute Gasteiger partial charge is 0.233 e. The van der Waals surface area contributed by atoms with Crippen molar-refractivity contribution in [3.05, 3.63) is 23.8 Å². The van der Waals surface area contributed by atoms with Crippen molar-refractivity contribution < 1.29 is 22.7 Å². The van der Waals surface area contributed by atoms with E-state index in [-0.39, 0.29) is 30.2 Å². The molecule has 1 atom stereocenters. The molecule has 24 heavy (non-hydrogen) atoms. The molecule has 0 N–H and O–H groups in total. The molecule has 0 bridgehead atoms. The fraction of sp³-hybridized carbons (Fsp3) is 0.588. The number of rotatable bonds is 4. The highest BCUT2D eigenvalue weighted by molar-refractivity contribution is 7.91. The number of carbonyl (C=O) groups excluding carboxylic acids is 1. The Bertz CT molecular complexity index is 784. The molecule has 1 saturated heterocycles. The van der Waals surface area contributed by atoms with Gasteiger partial charge in [0.1, 0.15) is 0 Å². The van der Waals surface area contributed by atoms with E-state index in [2.05, 4.69) is 0 Å². The van der Waals surface area contributed by atoms with E-state index < -0.39 is 15.3 Å². The number of benzene rings is 1. The van der Waals surface area contributed by atoms with Crippen LogP contribution in [-0.4, -0.2) is 50.1 Å². The quantitative estimate of drug-likeness (QED) is 0.822. The van der Waals surface area contributed by atoms with Crippen molar-refractivity contribution >= 4 is 15.7 Å². The predicted octanol–water partition coefficient (Wildman–Crippen LogP) is 1.48. The van der Waals surface area contributed by atoms with E-state index in [1.807, 2.05) is 25.1 Å². The zero-order chi connectivity index (χ0) is 16.9. The first-order valence-corrected chi connectivity index (χ1v) is 10.2. The molecule has 130 valence electrons. The lowest BCUT2D eigenvalue weighted by Gasteiger charge is -2.31. The number of amides is 1. The van der Waals surface area contributed by atoms with Gasteiger partial charge in [-0.1, -0.05) is 6.07 Å². The molecule has 1 amide bonds. The van der Waals surface area contributed by atoms with Gasteiger partial charge in [-0.15, -0.1) is 0 Å². The first-order chi connectivity index (χ1) is 11.5. The summed E-state index contributed by atoms with van der Waals surface area (Å²) in [7, 11) is -3.01. The molecule has 1 aromatic rings. The Labute approximate surface area is 141 Å². The van der Waals surface area contributed by atoms with Crippen LogP contribution in [0, 0.1) is 0 Å². The van der Waals surface area contributed by atoms with Crippen molar-refractivity contribution in [3.8, 4) is 11.5 Å². The monoisotopic (exact) mass is 351 g/mol. The summed E-state index contributed by atoms with van der Waals surface area (Å²) in [5.74, 6) is 1.70. The highest BCUT2D eigenvalue weighted by Gasteiger charge is 2.54. The lowest BCUT2D eigenvalue weighted by molar-refractivity contribution is -0.135. The van der Waals surface area contributed by atoms with Crippen LogP contribution in [0.15, 0.2) is 18.2 Å². The average Bonchev–Trinajstić information content (AvgIpc) is 3.10. The number of hydrogen-bond acceptors (Lipinski definition) is 5. The summed E-state index contributed by atoms with van der Waals surface area (Å²) < 4.78 is 34.3. The lowest BCUT2D eigenvalue weighted by Crippen LogP contribution is -2.46. The zero-order valence-corrected chi connectivity index (χ0v) is 14.5. The second-order valence-electron chi connectivity index (χ2n) is 6.80. The van der Waals surface area contributed by atoms with E-state index in [1.54, 1.807) is 4.90 Å². The van der Waals surface area contributed by atoms with E-state index in [1.165, 1.54) is 0 Å². The molecule has 0 aromatic heterocycles. The van der Waals surface area contributed by atoms with Crippen LogP contribution in [0.3, 0.4) is 0 Å². The largest absolute Gasteiger partial charge is 0.454 e. The maximum atomic E-state index is 13.2. The molecule has 2 fully saturated rings. The number of sulfone groups is 1. The van der Waals surface area contributed by atoms with Crippen LogP contribution < -0.4 is 9.47 Å². The second-order valence-corrected chi connectivity index (χ2v) is 9.03. The van der Waals surface area contributed by atoms with E-state index in [0.29, 0.717) is 24.5 Å². The molecule has 4 rings (SSSR count).